The summed E-state index contributed by atoms with van der Waals surface area (Å²) in [5, 5.41) is 18.6. The van der Waals surface area contributed by atoms with Gasteiger partial charge in [-0.1, -0.05) is 50.7 Å². The molecule has 1 aliphatic rings. The first-order valence-corrected chi connectivity index (χ1v) is 12.3. The van der Waals surface area contributed by atoms with Gasteiger partial charge in [-0.15, -0.1) is 0 Å². The molecule has 2 rings (SSSR count). The van der Waals surface area contributed by atoms with Gasteiger partial charge in [-0.2, -0.15) is 0 Å². The van der Waals surface area contributed by atoms with Gasteiger partial charge in [0, 0.05) is 25.1 Å². The van der Waals surface area contributed by atoms with Crippen LogP contribution in [0.1, 0.15) is 76.2 Å². The number of piperidine rings is 1. The van der Waals surface area contributed by atoms with E-state index in [9.17, 15) is 24.0 Å². The molecule has 1 atom stereocenters. The van der Waals surface area contributed by atoms with E-state index < -0.39 is 18.0 Å². The maximum absolute atomic E-state index is 12.2. The van der Waals surface area contributed by atoms with E-state index in [1.165, 1.54) is 0 Å². The molecule has 35 heavy (non-hydrogen) atoms. The molecule has 5 N–H and O–H groups in total. The summed E-state index contributed by atoms with van der Waals surface area (Å²) in [5.74, 6) is -1.14. The maximum atomic E-state index is 12.2. The number of nitrogens with one attached hydrogen (secondary N) is 4. The molecule has 0 spiro atoms. The van der Waals surface area contributed by atoms with Crippen LogP contribution in [0.25, 0.3) is 0 Å². The SMILES string of the molecule is O=C(O)NCCCCCCCCCCC(=O)Nc1ccc(CC(=O)NC2CCC(=O)NC2=O)cc1. The fourth-order valence-corrected chi connectivity index (χ4v) is 3.86. The molecule has 1 saturated heterocycles. The number of benzene rings is 1. The van der Waals surface area contributed by atoms with Gasteiger partial charge < -0.3 is 21.1 Å². The molecule has 1 unspecified atom stereocenters. The van der Waals surface area contributed by atoms with Crippen molar-refractivity contribution in [3.05, 3.63) is 29.8 Å². The van der Waals surface area contributed by atoms with E-state index in [0.29, 0.717) is 25.1 Å². The number of imide groups is 1. The van der Waals surface area contributed by atoms with E-state index >= 15 is 0 Å². The van der Waals surface area contributed by atoms with Gasteiger partial charge in [0.1, 0.15) is 6.04 Å². The van der Waals surface area contributed by atoms with Crippen LogP contribution in [0, 0.1) is 0 Å². The first-order valence-electron chi connectivity index (χ1n) is 12.3. The lowest BCUT2D eigenvalue weighted by atomic mass is 10.1. The lowest BCUT2D eigenvalue weighted by Gasteiger charge is -2.21. The highest BCUT2D eigenvalue weighted by atomic mass is 16.4. The summed E-state index contributed by atoms with van der Waals surface area (Å²) in [4.78, 5) is 57.6. The molecular weight excluding hydrogens is 452 g/mol. The van der Waals surface area contributed by atoms with Crippen LogP contribution in [0.2, 0.25) is 0 Å². The molecule has 1 heterocycles. The molecule has 10 nitrogen and oxygen atoms in total. The number of rotatable bonds is 15. The van der Waals surface area contributed by atoms with Crippen LogP contribution in [0.4, 0.5) is 10.5 Å². The Kier molecular flexibility index (Phi) is 12.3. The van der Waals surface area contributed by atoms with Crippen molar-refractivity contribution in [2.24, 2.45) is 0 Å². The van der Waals surface area contributed by atoms with E-state index in [1.54, 1.807) is 24.3 Å². The van der Waals surface area contributed by atoms with Crippen LogP contribution in [0.3, 0.4) is 0 Å². The highest BCUT2D eigenvalue weighted by Crippen LogP contribution is 2.13. The predicted molar refractivity (Wildman–Crippen MR) is 131 cm³/mol. The standard InChI is InChI=1S/C25H36N4O6/c30-21(9-7-5-3-1-2-4-6-8-16-26-25(34)35)27-19-12-10-18(11-13-19)17-23(32)28-20-14-15-22(31)29-24(20)33/h10-13,20,26H,1-9,14-17H2,(H,27,30)(H,28,32)(H,34,35)(H,29,31,33). The average molecular weight is 489 g/mol. The summed E-state index contributed by atoms with van der Waals surface area (Å²) < 4.78 is 0. The fraction of sp³-hybridized carbons (Fsp3) is 0.560. The molecule has 192 valence electrons. The zero-order valence-corrected chi connectivity index (χ0v) is 20.1. The Balaban J connectivity index is 1.53. The van der Waals surface area contributed by atoms with E-state index in [4.69, 9.17) is 5.11 Å². The average Bonchev–Trinajstić information content (AvgIpc) is 2.80. The zero-order chi connectivity index (χ0) is 25.5. The van der Waals surface area contributed by atoms with E-state index in [1.807, 2.05) is 0 Å². The van der Waals surface area contributed by atoms with Crippen LogP contribution in [0.15, 0.2) is 24.3 Å². The van der Waals surface area contributed by atoms with Crippen molar-refractivity contribution in [1.82, 2.24) is 16.0 Å². The van der Waals surface area contributed by atoms with Gasteiger partial charge in [0.25, 0.3) is 0 Å². The Labute approximate surface area is 205 Å². The number of hydrogen-bond acceptors (Lipinski definition) is 5. The normalized spacial score (nSPS) is 15.3. The van der Waals surface area contributed by atoms with Crippen molar-refractivity contribution in [2.45, 2.75) is 83.1 Å². The predicted octanol–water partition coefficient (Wildman–Crippen LogP) is 2.87. The number of anilines is 1. The largest absolute Gasteiger partial charge is 0.465 e. The Morgan fingerprint density at radius 1 is 0.886 bits per heavy atom. The van der Waals surface area contributed by atoms with Crippen LogP contribution in [-0.2, 0) is 25.6 Å². The van der Waals surface area contributed by atoms with E-state index in [-0.39, 0.29) is 30.6 Å². The van der Waals surface area contributed by atoms with Crippen molar-refractivity contribution in [2.75, 3.05) is 11.9 Å². The number of amides is 5. The number of carbonyl (C=O) groups is 5. The number of carbonyl (C=O) groups excluding carboxylic acids is 4. The van der Waals surface area contributed by atoms with Gasteiger partial charge in [0.05, 0.1) is 6.42 Å². The Morgan fingerprint density at radius 2 is 1.51 bits per heavy atom. The molecule has 1 fully saturated rings. The monoisotopic (exact) mass is 488 g/mol. The second-order valence-corrected chi connectivity index (χ2v) is 8.80. The van der Waals surface area contributed by atoms with Crippen molar-refractivity contribution < 1.29 is 29.1 Å². The minimum Gasteiger partial charge on any atom is -0.465 e. The third-order valence-corrected chi connectivity index (χ3v) is 5.78. The molecule has 1 aromatic carbocycles. The minimum atomic E-state index is -0.973. The van der Waals surface area contributed by atoms with Crippen LogP contribution in [0.5, 0.6) is 0 Å². The molecule has 0 radical (unpaired) electrons. The fourth-order valence-electron chi connectivity index (χ4n) is 3.86. The second kappa shape index (κ2) is 15.5. The topological polar surface area (TPSA) is 154 Å². The van der Waals surface area contributed by atoms with Crippen molar-refractivity contribution in [3.63, 3.8) is 0 Å². The number of carboxylic acid groups (broad SMARTS) is 1. The molecule has 0 aliphatic carbocycles. The lowest BCUT2D eigenvalue weighted by molar-refractivity contribution is -0.137. The summed E-state index contributed by atoms with van der Waals surface area (Å²) in [7, 11) is 0. The van der Waals surface area contributed by atoms with Crippen LogP contribution < -0.4 is 21.3 Å². The Morgan fingerprint density at radius 3 is 2.14 bits per heavy atom. The summed E-state index contributed by atoms with van der Waals surface area (Å²) in [5.41, 5.74) is 1.42. The number of hydrogen-bond donors (Lipinski definition) is 5. The summed E-state index contributed by atoms with van der Waals surface area (Å²) in [6.07, 6.45) is 8.21. The molecule has 0 bridgehead atoms. The minimum absolute atomic E-state index is 0.0423. The van der Waals surface area contributed by atoms with Gasteiger partial charge in [0.15, 0.2) is 0 Å². The summed E-state index contributed by atoms with van der Waals surface area (Å²) in [6.45, 7) is 0.507. The van der Waals surface area contributed by atoms with Gasteiger partial charge in [-0.3, -0.25) is 24.5 Å². The summed E-state index contributed by atoms with van der Waals surface area (Å²) >= 11 is 0. The first kappa shape index (κ1) is 27.8. The molecule has 1 aromatic rings. The molecule has 0 aromatic heterocycles. The van der Waals surface area contributed by atoms with Gasteiger partial charge in [0.2, 0.25) is 23.6 Å². The quantitative estimate of drug-likeness (QED) is 0.189. The van der Waals surface area contributed by atoms with Crippen LogP contribution in [-0.4, -0.2) is 47.4 Å². The highest BCUT2D eigenvalue weighted by molar-refractivity contribution is 6.01. The van der Waals surface area contributed by atoms with E-state index in [0.717, 1.165) is 56.9 Å². The summed E-state index contributed by atoms with van der Waals surface area (Å²) in [6, 6.07) is 6.33. The van der Waals surface area contributed by atoms with Gasteiger partial charge in [-0.25, -0.2) is 4.79 Å². The zero-order valence-electron chi connectivity index (χ0n) is 20.1. The number of unbranched alkanes of at least 4 members (excludes halogenated alkanes) is 7. The van der Waals surface area contributed by atoms with Gasteiger partial charge in [-0.05, 0) is 37.0 Å². The maximum Gasteiger partial charge on any atom is 0.404 e. The third-order valence-electron chi connectivity index (χ3n) is 5.78. The van der Waals surface area contributed by atoms with Crippen molar-refractivity contribution in [3.8, 4) is 0 Å². The van der Waals surface area contributed by atoms with Crippen LogP contribution >= 0.6 is 0 Å². The van der Waals surface area contributed by atoms with Crippen molar-refractivity contribution >= 4 is 35.4 Å². The molecule has 5 amide bonds. The highest BCUT2D eigenvalue weighted by Gasteiger charge is 2.27. The first-order chi connectivity index (χ1) is 16.8. The smallest absolute Gasteiger partial charge is 0.404 e. The Bertz CT molecular complexity index is 871. The third kappa shape index (κ3) is 12.0. The second-order valence-electron chi connectivity index (χ2n) is 8.80. The molecule has 10 heteroatoms. The molecular formula is C25H36N4O6. The van der Waals surface area contributed by atoms with Crippen molar-refractivity contribution in [1.29, 1.82) is 0 Å². The Hall–Kier alpha value is -3.43. The lowest BCUT2D eigenvalue weighted by Crippen LogP contribution is -2.52. The molecule has 0 saturated carbocycles. The molecule has 1 aliphatic heterocycles. The van der Waals surface area contributed by atoms with Gasteiger partial charge >= 0.3 is 6.09 Å². The van der Waals surface area contributed by atoms with E-state index in [2.05, 4.69) is 21.3 Å².